The topological polar surface area (TPSA) is 34.9 Å². The van der Waals surface area contributed by atoms with E-state index >= 15 is 0 Å². The van der Waals surface area contributed by atoms with E-state index in [0.717, 1.165) is 42.3 Å². The predicted octanol–water partition coefficient (Wildman–Crippen LogP) is 3.36. The molecule has 1 aliphatic rings. The fraction of sp³-hybridized carbons (Fsp3) is 0.571. The zero-order valence-electron chi connectivity index (χ0n) is 11.0. The van der Waals surface area contributed by atoms with Gasteiger partial charge in [0.05, 0.1) is 15.9 Å². The lowest BCUT2D eigenvalue weighted by molar-refractivity contribution is -0.114. The number of carbonyl (C=O) groups is 1. The van der Waals surface area contributed by atoms with Crippen molar-refractivity contribution < 1.29 is 4.79 Å². The highest BCUT2D eigenvalue weighted by atomic mass is 79.9. The van der Waals surface area contributed by atoms with Gasteiger partial charge in [-0.05, 0) is 47.7 Å². The number of rotatable bonds is 3. The fourth-order valence-electron chi connectivity index (χ4n) is 2.39. The summed E-state index contributed by atoms with van der Waals surface area (Å²) in [5.74, 6) is 0.275. The minimum Gasteiger partial charge on any atom is -0.295 e. The number of hydrogen-bond acceptors (Lipinski definition) is 2. The maximum absolute atomic E-state index is 11.6. The summed E-state index contributed by atoms with van der Waals surface area (Å²) < 4.78 is 3.03. The highest BCUT2D eigenvalue weighted by molar-refractivity contribution is 9.10. The Bertz CT molecular complexity index is 488. The third-order valence-electron chi connectivity index (χ3n) is 3.43. The Morgan fingerprint density at radius 2 is 2.11 bits per heavy atom. The molecule has 18 heavy (non-hydrogen) atoms. The number of aryl methyl sites for hydroxylation is 2. The third kappa shape index (κ3) is 2.91. The molecule has 0 fully saturated rings. The number of nitrogens with zero attached hydrogens (tertiary/aromatic N) is 2. The third-order valence-corrected chi connectivity index (χ3v) is 4.35. The molecule has 0 atom stereocenters. The molecular weight excluding hydrogens is 292 g/mol. The van der Waals surface area contributed by atoms with E-state index in [-0.39, 0.29) is 5.78 Å². The Kier molecular flexibility index (Phi) is 4.38. The second kappa shape index (κ2) is 5.83. The second-order valence-electron chi connectivity index (χ2n) is 4.84. The van der Waals surface area contributed by atoms with Crippen molar-refractivity contribution in [2.45, 2.75) is 45.4 Å². The summed E-state index contributed by atoms with van der Waals surface area (Å²) >= 11 is 3.63. The van der Waals surface area contributed by atoms with Crippen LogP contribution in [0.3, 0.4) is 0 Å². The van der Waals surface area contributed by atoms with Crippen LogP contribution in [0.5, 0.6) is 0 Å². The van der Waals surface area contributed by atoms with Crippen LogP contribution in [0.2, 0.25) is 0 Å². The van der Waals surface area contributed by atoms with Crippen LogP contribution >= 0.6 is 15.9 Å². The molecule has 0 amide bonds. The maximum Gasteiger partial charge on any atom is 0.155 e. The van der Waals surface area contributed by atoms with Crippen molar-refractivity contribution in [1.29, 1.82) is 0 Å². The molecule has 0 saturated carbocycles. The van der Waals surface area contributed by atoms with Gasteiger partial charge in [-0.2, -0.15) is 5.10 Å². The monoisotopic (exact) mass is 310 g/mol. The largest absolute Gasteiger partial charge is 0.295 e. The Morgan fingerprint density at radius 1 is 1.39 bits per heavy atom. The van der Waals surface area contributed by atoms with Crippen molar-refractivity contribution in [3.05, 3.63) is 27.5 Å². The van der Waals surface area contributed by atoms with E-state index in [1.165, 1.54) is 11.3 Å². The highest BCUT2D eigenvalue weighted by Crippen LogP contribution is 2.26. The lowest BCUT2D eigenvalue weighted by atomic mass is 10.0. The maximum atomic E-state index is 11.6. The van der Waals surface area contributed by atoms with Gasteiger partial charge in [-0.25, -0.2) is 0 Å². The zero-order chi connectivity index (χ0) is 13.1. The number of hydrogen-bond donors (Lipinski definition) is 0. The molecule has 0 saturated heterocycles. The number of ketones is 1. The summed E-state index contributed by atoms with van der Waals surface area (Å²) in [6, 6.07) is 0. The molecule has 0 spiro atoms. The fourth-order valence-corrected chi connectivity index (χ4v) is 3.15. The van der Waals surface area contributed by atoms with Gasteiger partial charge in [0.2, 0.25) is 0 Å². The molecule has 0 N–H and O–H groups in total. The first-order chi connectivity index (χ1) is 8.61. The van der Waals surface area contributed by atoms with Crippen molar-refractivity contribution in [3.8, 4) is 0 Å². The summed E-state index contributed by atoms with van der Waals surface area (Å²) in [5, 5.41) is 4.49. The average Bonchev–Trinajstić information content (AvgIpc) is 2.53. The Labute approximate surface area is 116 Å². The first kappa shape index (κ1) is 13.5. The van der Waals surface area contributed by atoms with Crippen LogP contribution in [-0.2, 0) is 24.7 Å². The first-order valence-corrected chi connectivity index (χ1v) is 7.33. The van der Waals surface area contributed by atoms with E-state index in [9.17, 15) is 4.79 Å². The van der Waals surface area contributed by atoms with Crippen LogP contribution in [0.25, 0.3) is 0 Å². The molecule has 3 nitrogen and oxygen atoms in total. The van der Waals surface area contributed by atoms with E-state index in [2.05, 4.69) is 28.0 Å². The van der Waals surface area contributed by atoms with E-state index in [1.807, 2.05) is 17.8 Å². The van der Waals surface area contributed by atoms with Crippen LogP contribution in [0.15, 0.2) is 16.1 Å². The van der Waals surface area contributed by atoms with Gasteiger partial charge in [0, 0.05) is 19.9 Å². The summed E-state index contributed by atoms with van der Waals surface area (Å²) in [4.78, 5) is 11.6. The van der Waals surface area contributed by atoms with Crippen molar-refractivity contribution >= 4 is 21.7 Å². The van der Waals surface area contributed by atoms with Gasteiger partial charge in [-0.3, -0.25) is 9.48 Å². The van der Waals surface area contributed by atoms with Gasteiger partial charge in [-0.1, -0.05) is 12.5 Å². The van der Waals surface area contributed by atoms with Crippen LogP contribution in [-0.4, -0.2) is 15.6 Å². The highest BCUT2D eigenvalue weighted by Gasteiger charge is 2.16. The van der Waals surface area contributed by atoms with Crippen molar-refractivity contribution in [3.63, 3.8) is 0 Å². The molecule has 4 heteroatoms. The lowest BCUT2D eigenvalue weighted by Crippen LogP contribution is -2.01. The quantitative estimate of drug-likeness (QED) is 0.858. The second-order valence-corrected chi connectivity index (χ2v) is 5.63. The lowest BCUT2D eigenvalue weighted by Gasteiger charge is -2.06. The number of carbonyl (C=O) groups excluding carboxylic acids is 1. The van der Waals surface area contributed by atoms with Crippen LogP contribution in [0.4, 0.5) is 0 Å². The molecule has 0 bridgehead atoms. The molecule has 1 aromatic rings. The molecule has 1 aromatic heterocycles. The molecule has 1 aliphatic carbocycles. The number of allylic oxidation sites excluding steroid dienone is 2. The van der Waals surface area contributed by atoms with Crippen LogP contribution in [0.1, 0.15) is 44.0 Å². The van der Waals surface area contributed by atoms with Gasteiger partial charge in [-0.15, -0.1) is 0 Å². The molecule has 0 aliphatic heterocycles. The molecule has 0 aromatic carbocycles. The summed E-state index contributed by atoms with van der Waals surface area (Å²) in [6.07, 6.45) is 7.47. The Hall–Kier alpha value is -0.900. The van der Waals surface area contributed by atoms with Gasteiger partial charge in [0.15, 0.2) is 5.78 Å². The van der Waals surface area contributed by atoms with E-state index in [4.69, 9.17) is 0 Å². The molecular formula is C14H19BrN2O. The normalized spacial score (nSPS) is 16.6. The molecule has 2 rings (SSSR count). The van der Waals surface area contributed by atoms with Gasteiger partial charge in [0.25, 0.3) is 0 Å². The smallest absolute Gasteiger partial charge is 0.155 e. The standard InChI is InChI=1S/C14H19BrN2O/c1-3-12-14(15)13(17(2)16-12)9-10-6-4-5-7-11(18)8-10/h8H,3-7,9H2,1-2H3. The minimum absolute atomic E-state index is 0.275. The average molecular weight is 311 g/mol. The Morgan fingerprint density at radius 3 is 2.78 bits per heavy atom. The van der Waals surface area contributed by atoms with E-state index in [1.54, 1.807) is 0 Å². The number of halogens is 1. The van der Waals surface area contributed by atoms with Gasteiger partial charge in [0.1, 0.15) is 0 Å². The molecule has 1 heterocycles. The minimum atomic E-state index is 0.275. The van der Waals surface area contributed by atoms with Crippen LogP contribution < -0.4 is 0 Å². The summed E-state index contributed by atoms with van der Waals surface area (Å²) in [5.41, 5.74) is 3.50. The number of aromatic nitrogens is 2. The molecule has 0 radical (unpaired) electrons. The molecule has 0 unspecified atom stereocenters. The zero-order valence-corrected chi connectivity index (χ0v) is 12.6. The van der Waals surface area contributed by atoms with Crippen molar-refractivity contribution in [2.24, 2.45) is 7.05 Å². The summed E-state index contributed by atoms with van der Waals surface area (Å²) in [6.45, 7) is 2.10. The SMILES string of the molecule is CCc1nn(C)c(CC2=CC(=O)CCCC2)c1Br. The van der Waals surface area contributed by atoms with E-state index < -0.39 is 0 Å². The van der Waals surface area contributed by atoms with Crippen molar-refractivity contribution in [2.75, 3.05) is 0 Å². The summed E-state index contributed by atoms with van der Waals surface area (Å²) in [7, 11) is 1.97. The van der Waals surface area contributed by atoms with E-state index in [0.29, 0.717) is 6.42 Å². The first-order valence-electron chi connectivity index (χ1n) is 6.54. The predicted molar refractivity (Wildman–Crippen MR) is 75.5 cm³/mol. The van der Waals surface area contributed by atoms with Gasteiger partial charge >= 0.3 is 0 Å². The van der Waals surface area contributed by atoms with Crippen LogP contribution in [0, 0.1) is 0 Å². The van der Waals surface area contributed by atoms with Crippen molar-refractivity contribution in [1.82, 2.24) is 9.78 Å². The molecule has 98 valence electrons. The Balaban J connectivity index is 2.23. The van der Waals surface area contributed by atoms with Gasteiger partial charge < -0.3 is 0 Å².